The molecule has 1 aromatic carbocycles. The minimum atomic E-state index is 0.00136. The molecule has 1 amide bonds. The molecule has 162 valence electrons. The van der Waals surface area contributed by atoms with Crippen LogP contribution in [0, 0.1) is 5.92 Å². The number of hydrogen-bond acceptors (Lipinski definition) is 5. The smallest absolute Gasteiger partial charge is 0.257 e. The molecule has 3 heterocycles. The van der Waals surface area contributed by atoms with Crippen LogP contribution in [0.25, 0.3) is 11.3 Å². The van der Waals surface area contributed by atoms with Gasteiger partial charge in [-0.05, 0) is 62.9 Å². The summed E-state index contributed by atoms with van der Waals surface area (Å²) in [7, 11) is 5.12. The van der Waals surface area contributed by atoms with E-state index >= 15 is 0 Å². The fraction of sp³-hybridized carbons (Fsp3) is 0.565. The Morgan fingerprint density at radius 1 is 1.17 bits per heavy atom. The Labute approximate surface area is 178 Å². The quantitative estimate of drug-likeness (QED) is 0.787. The lowest BCUT2D eigenvalue weighted by molar-refractivity contribution is 0.0403. The van der Waals surface area contributed by atoms with E-state index in [-0.39, 0.29) is 5.91 Å². The highest BCUT2D eigenvalue weighted by atomic mass is 16.5. The van der Waals surface area contributed by atoms with Crippen molar-refractivity contribution in [3.05, 3.63) is 30.0 Å². The Kier molecular flexibility index (Phi) is 6.27. The number of fused-ring (bicyclic) bond motifs is 1. The Morgan fingerprint density at radius 3 is 2.77 bits per heavy atom. The molecular formula is C23H32N4O3. The van der Waals surface area contributed by atoms with Crippen LogP contribution in [0.3, 0.4) is 0 Å². The van der Waals surface area contributed by atoms with Crippen molar-refractivity contribution in [2.45, 2.75) is 38.1 Å². The van der Waals surface area contributed by atoms with E-state index in [0.717, 1.165) is 12.1 Å². The van der Waals surface area contributed by atoms with Crippen molar-refractivity contribution in [1.82, 2.24) is 20.0 Å². The molecule has 2 aromatic rings. The van der Waals surface area contributed by atoms with Crippen molar-refractivity contribution in [3.8, 4) is 22.8 Å². The lowest BCUT2D eigenvalue weighted by Crippen LogP contribution is -2.51. The number of piperidine rings is 2. The van der Waals surface area contributed by atoms with E-state index in [9.17, 15) is 4.79 Å². The number of methoxy groups -OCH3 is 2. The van der Waals surface area contributed by atoms with Crippen LogP contribution in [0.2, 0.25) is 0 Å². The van der Waals surface area contributed by atoms with E-state index in [4.69, 9.17) is 9.47 Å². The van der Waals surface area contributed by atoms with Crippen molar-refractivity contribution >= 4 is 5.91 Å². The second-order valence-corrected chi connectivity index (χ2v) is 8.42. The van der Waals surface area contributed by atoms with Crippen LogP contribution in [0.1, 0.15) is 42.5 Å². The van der Waals surface area contributed by atoms with Gasteiger partial charge in [0.1, 0.15) is 0 Å². The molecule has 4 rings (SSSR count). The van der Waals surface area contributed by atoms with Gasteiger partial charge < -0.3 is 19.3 Å². The van der Waals surface area contributed by atoms with Crippen LogP contribution in [0.15, 0.2) is 24.4 Å². The molecule has 1 N–H and O–H groups in total. The molecule has 0 radical (unpaired) electrons. The lowest BCUT2D eigenvalue weighted by atomic mass is 9.83. The summed E-state index contributed by atoms with van der Waals surface area (Å²) in [5.41, 5.74) is 2.13. The monoisotopic (exact) mass is 412 g/mol. The number of aromatic nitrogens is 2. The first-order valence-electron chi connectivity index (χ1n) is 10.9. The van der Waals surface area contributed by atoms with Gasteiger partial charge in [0, 0.05) is 25.2 Å². The van der Waals surface area contributed by atoms with Crippen molar-refractivity contribution in [2.75, 3.05) is 40.9 Å². The summed E-state index contributed by atoms with van der Waals surface area (Å²) in [6, 6.07) is 6.24. The van der Waals surface area contributed by atoms with Crippen LogP contribution in [-0.4, -0.2) is 72.8 Å². The fourth-order valence-corrected chi connectivity index (χ4v) is 5.09. The second kappa shape index (κ2) is 9.08. The van der Waals surface area contributed by atoms with Crippen LogP contribution in [-0.2, 0) is 0 Å². The third-order valence-electron chi connectivity index (χ3n) is 6.63. The SMILES string of the molecule is COc1ccc(-c2[nH]ncc2C(=O)N(C)C[C@@H]2CCCN3CCCC[C@@H]23)cc1OC. The molecule has 7 nitrogen and oxygen atoms in total. The van der Waals surface area contributed by atoms with Gasteiger partial charge in [0.25, 0.3) is 5.91 Å². The third kappa shape index (κ3) is 4.03. The summed E-state index contributed by atoms with van der Waals surface area (Å²) in [6.45, 7) is 3.21. The molecule has 2 saturated heterocycles. The molecule has 2 aliphatic heterocycles. The van der Waals surface area contributed by atoms with Gasteiger partial charge in [0.15, 0.2) is 11.5 Å². The van der Waals surface area contributed by atoms with Gasteiger partial charge in [0.2, 0.25) is 0 Å². The topological polar surface area (TPSA) is 70.7 Å². The summed E-state index contributed by atoms with van der Waals surface area (Å²) in [5, 5.41) is 7.15. The zero-order valence-electron chi connectivity index (χ0n) is 18.2. The number of hydrogen-bond donors (Lipinski definition) is 1. The number of ether oxygens (including phenoxy) is 2. The van der Waals surface area contributed by atoms with Crippen LogP contribution in [0.5, 0.6) is 11.5 Å². The first kappa shape index (κ1) is 20.7. The zero-order chi connectivity index (χ0) is 21.1. The molecule has 2 aliphatic rings. The number of carbonyl (C=O) groups excluding carboxylic acids is 1. The summed E-state index contributed by atoms with van der Waals surface area (Å²) in [5.74, 6) is 1.82. The third-order valence-corrected chi connectivity index (χ3v) is 6.63. The normalized spacial score (nSPS) is 21.7. The number of H-pyrrole nitrogens is 1. The minimum absolute atomic E-state index is 0.00136. The van der Waals surface area contributed by atoms with Crippen molar-refractivity contribution in [3.63, 3.8) is 0 Å². The molecule has 0 unspecified atom stereocenters. The number of aromatic amines is 1. The Bertz CT molecular complexity index is 879. The van der Waals surface area contributed by atoms with Gasteiger partial charge in [-0.2, -0.15) is 5.10 Å². The van der Waals surface area contributed by atoms with Crippen molar-refractivity contribution in [1.29, 1.82) is 0 Å². The summed E-state index contributed by atoms with van der Waals surface area (Å²) >= 11 is 0. The van der Waals surface area contributed by atoms with E-state index in [2.05, 4.69) is 15.1 Å². The summed E-state index contributed by atoms with van der Waals surface area (Å²) in [6.07, 6.45) is 7.93. The maximum absolute atomic E-state index is 13.3. The highest BCUT2D eigenvalue weighted by molar-refractivity contribution is 5.99. The van der Waals surface area contributed by atoms with Gasteiger partial charge in [0.05, 0.1) is 31.7 Å². The van der Waals surface area contributed by atoms with E-state index in [1.165, 1.54) is 45.2 Å². The van der Waals surface area contributed by atoms with Gasteiger partial charge >= 0.3 is 0 Å². The Hall–Kier alpha value is -2.54. The van der Waals surface area contributed by atoms with E-state index in [1.54, 1.807) is 20.4 Å². The average molecular weight is 413 g/mol. The number of benzene rings is 1. The first-order chi connectivity index (χ1) is 14.6. The Morgan fingerprint density at radius 2 is 1.97 bits per heavy atom. The molecule has 2 fully saturated rings. The maximum Gasteiger partial charge on any atom is 0.257 e. The van der Waals surface area contributed by atoms with Gasteiger partial charge in [-0.15, -0.1) is 0 Å². The molecule has 0 aliphatic carbocycles. The molecule has 1 aromatic heterocycles. The Balaban J connectivity index is 1.51. The van der Waals surface area contributed by atoms with E-state index in [0.29, 0.717) is 34.7 Å². The lowest BCUT2D eigenvalue weighted by Gasteiger charge is -2.45. The van der Waals surface area contributed by atoms with Crippen molar-refractivity contribution < 1.29 is 14.3 Å². The molecule has 0 spiro atoms. The highest BCUT2D eigenvalue weighted by Crippen LogP contribution is 2.34. The molecule has 0 bridgehead atoms. The molecule has 30 heavy (non-hydrogen) atoms. The minimum Gasteiger partial charge on any atom is -0.493 e. The number of rotatable bonds is 6. The molecule has 2 atom stereocenters. The number of carbonyl (C=O) groups is 1. The second-order valence-electron chi connectivity index (χ2n) is 8.42. The average Bonchev–Trinajstić information content (AvgIpc) is 3.28. The number of nitrogens with zero attached hydrogens (tertiary/aromatic N) is 3. The van der Waals surface area contributed by atoms with Crippen LogP contribution in [0.4, 0.5) is 0 Å². The largest absolute Gasteiger partial charge is 0.493 e. The summed E-state index contributed by atoms with van der Waals surface area (Å²) < 4.78 is 10.7. The fourth-order valence-electron chi connectivity index (χ4n) is 5.09. The van der Waals surface area contributed by atoms with Crippen LogP contribution < -0.4 is 9.47 Å². The molecular weight excluding hydrogens is 380 g/mol. The van der Waals surface area contributed by atoms with Crippen LogP contribution >= 0.6 is 0 Å². The predicted octanol–water partition coefficient (Wildman–Crippen LogP) is 3.43. The molecule has 7 heteroatoms. The first-order valence-corrected chi connectivity index (χ1v) is 10.9. The maximum atomic E-state index is 13.3. The number of amides is 1. The summed E-state index contributed by atoms with van der Waals surface area (Å²) in [4.78, 5) is 17.8. The van der Waals surface area contributed by atoms with Gasteiger partial charge in [-0.3, -0.25) is 9.89 Å². The molecule has 0 saturated carbocycles. The zero-order valence-corrected chi connectivity index (χ0v) is 18.2. The number of nitrogens with one attached hydrogen (secondary N) is 1. The van der Waals surface area contributed by atoms with E-state index < -0.39 is 0 Å². The van der Waals surface area contributed by atoms with Crippen molar-refractivity contribution in [2.24, 2.45) is 5.92 Å². The van der Waals surface area contributed by atoms with E-state index in [1.807, 2.05) is 30.1 Å². The van der Waals surface area contributed by atoms with Gasteiger partial charge in [-0.25, -0.2) is 0 Å². The van der Waals surface area contributed by atoms with Gasteiger partial charge in [-0.1, -0.05) is 6.42 Å². The predicted molar refractivity (Wildman–Crippen MR) is 116 cm³/mol. The standard InChI is InChI=1S/C23H32N4O3/c1-26(15-17-7-6-12-27-11-5-4-8-19(17)27)23(28)18-14-24-25-22(18)16-9-10-20(29-2)21(13-16)30-3/h9-10,13-14,17,19H,4-8,11-12,15H2,1-3H3,(H,24,25)/t17-,19-/m0/s1. The highest BCUT2D eigenvalue weighted by Gasteiger charge is 2.34.